The van der Waals surface area contributed by atoms with Gasteiger partial charge in [-0.15, -0.1) is 0 Å². The Bertz CT molecular complexity index is 631. The van der Waals surface area contributed by atoms with Gasteiger partial charge < -0.3 is 14.6 Å². The molecule has 0 bridgehead atoms. The van der Waals surface area contributed by atoms with E-state index in [-0.39, 0.29) is 24.8 Å². The van der Waals surface area contributed by atoms with Crippen LogP contribution in [0, 0.1) is 6.92 Å². The summed E-state index contributed by atoms with van der Waals surface area (Å²) >= 11 is 0. The van der Waals surface area contributed by atoms with Crippen LogP contribution in [0.5, 0.6) is 0 Å². The van der Waals surface area contributed by atoms with Crippen molar-refractivity contribution in [2.75, 3.05) is 13.7 Å². The van der Waals surface area contributed by atoms with Crippen LogP contribution in [0.3, 0.4) is 0 Å². The Labute approximate surface area is 117 Å². The number of hydrogen-bond acceptors (Lipinski definition) is 3. The first kappa shape index (κ1) is 14.1. The van der Waals surface area contributed by atoms with Gasteiger partial charge in [-0.1, -0.05) is 18.2 Å². The number of methoxy groups -OCH3 is 1. The van der Waals surface area contributed by atoms with Crippen molar-refractivity contribution in [3.8, 4) is 0 Å². The fraction of sp³-hybridized carbons (Fsp3) is 0.333. The minimum atomic E-state index is -0.326. The van der Waals surface area contributed by atoms with Gasteiger partial charge in [-0.2, -0.15) is 0 Å². The smallest absolute Gasteiger partial charge is 0.307 e. The summed E-state index contributed by atoms with van der Waals surface area (Å²) in [6.45, 7) is 2.52. The topological polar surface area (TPSA) is 60.3 Å². The molecule has 0 aliphatic rings. The third-order valence-corrected chi connectivity index (χ3v) is 3.20. The minimum absolute atomic E-state index is 0.113. The Morgan fingerprint density at radius 2 is 2.05 bits per heavy atom. The molecule has 2 rings (SSSR count). The second kappa shape index (κ2) is 6.23. The van der Waals surface area contributed by atoms with E-state index in [9.17, 15) is 9.59 Å². The van der Waals surface area contributed by atoms with E-state index in [1.165, 1.54) is 7.11 Å². The molecule has 1 aromatic heterocycles. The molecule has 0 saturated heterocycles. The zero-order valence-electron chi connectivity index (χ0n) is 11.7. The maximum absolute atomic E-state index is 11.9. The molecule has 2 aromatic rings. The largest absolute Gasteiger partial charge is 0.469 e. The van der Waals surface area contributed by atoms with E-state index in [0.29, 0.717) is 6.54 Å². The zero-order valence-corrected chi connectivity index (χ0v) is 11.7. The molecule has 1 amide bonds. The van der Waals surface area contributed by atoms with Crippen LogP contribution < -0.4 is 5.32 Å². The predicted octanol–water partition coefficient (Wildman–Crippen LogP) is 1.63. The Morgan fingerprint density at radius 1 is 1.30 bits per heavy atom. The Balaban J connectivity index is 1.99. The van der Waals surface area contributed by atoms with E-state index in [1.807, 2.05) is 35.8 Å². The van der Waals surface area contributed by atoms with Crippen LogP contribution in [-0.2, 0) is 20.9 Å². The quantitative estimate of drug-likeness (QED) is 0.843. The van der Waals surface area contributed by atoms with Gasteiger partial charge in [0.25, 0.3) is 0 Å². The second-order valence-electron chi connectivity index (χ2n) is 4.61. The van der Waals surface area contributed by atoms with Crippen molar-refractivity contribution in [3.05, 3.63) is 36.0 Å². The van der Waals surface area contributed by atoms with Crippen LogP contribution in [0.4, 0.5) is 0 Å². The maximum atomic E-state index is 11.9. The van der Waals surface area contributed by atoms with Crippen LogP contribution in [0.2, 0.25) is 0 Å². The average molecular weight is 274 g/mol. The molecule has 0 radical (unpaired) electrons. The van der Waals surface area contributed by atoms with Crippen molar-refractivity contribution < 1.29 is 14.3 Å². The van der Waals surface area contributed by atoms with E-state index in [4.69, 9.17) is 0 Å². The number of aryl methyl sites for hydroxylation is 1. The van der Waals surface area contributed by atoms with Crippen molar-refractivity contribution in [2.45, 2.75) is 19.9 Å². The number of rotatable bonds is 5. The number of carbonyl (C=O) groups excluding carboxylic acids is 2. The summed E-state index contributed by atoms with van der Waals surface area (Å²) in [6, 6.07) is 9.99. The van der Waals surface area contributed by atoms with E-state index in [1.54, 1.807) is 0 Å². The van der Waals surface area contributed by atoms with Gasteiger partial charge in [0.15, 0.2) is 0 Å². The molecule has 1 N–H and O–H groups in total. The Kier molecular flexibility index (Phi) is 4.40. The highest BCUT2D eigenvalue weighted by Gasteiger charge is 2.09. The van der Waals surface area contributed by atoms with Crippen LogP contribution in [-0.4, -0.2) is 30.1 Å². The van der Waals surface area contributed by atoms with Gasteiger partial charge in [0, 0.05) is 17.8 Å². The van der Waals surface area contributed by atoms with Gasteiger partial charge >= 0.3 is 5.97 Å². The number of aromatic nitrogens is 1. The summed E-state index contributed by atoms with van der Waals surface area (Å²) in [4.78, 5) is 22.9. The average Bonchev–Trinajstić information content (AvgIpc) is 2.75. The number of benzene rings is 1. The van der Waals surface area contributed by atoms with Gasteiger partial charge in [-0.3, -0.25) is 9.59 Å². The van der Waals surface area contributed by atoms with Crippen molar-refractivity contribution >= 4 is 22.8 Å². The molecule has 0 unspecified atom stereocenters. The first-order valence-corrected chi connectivity index (χ1v) is 6.50. The number of hydrogen-bond donors (Lipinski definition) is 1. The van der Waals surface area contributed by atoms with E-state index in [2.05, 4.69) is 16.1 Å². The number of esters is 1. The Hall–Kier alpha value is -2.30. The summed E-state index contributed by atoms with van der Waals surface area (Å²) in [6.07, 6.45) is 0.188. The standard InChI is InChI=1S/C15H18N2O3/c1-11-9-12-5-3-4-6-13(12)17(11)10-14(18)16-8-7-15(19)20-2/h3-6,9H,7-8,10H2,1-2H3,(H,16,18). The minimum Gasteiger partial charge on any atom is -0.469 e. The number of fused-ring (bicyclic) bond motifs is 1. The van der Waals surface area contributed by atoms with Gasteiger partial charge in [0.1, 0.15) is 6.54 Å². The molecule has 0 saturated carbocycles. The second-order valence-corrected chi connectivity index (χ2v) is 4.61. The van der Waals surface area contributed by atoms with E-state index >= 15 is 0 Å². The molecule has 5 nitrogen and oxygen atoms in total. The zero-order chi connectivity index (χ0) is 14.5. The molecule has 5 heteroatoms. The summed E-state index contributed by atoms with van der Waals surface area (Å²) in [5, 5.41) is 3.84. The molecule has 0 spiro atoms. The van der Waals surface area contributed by atoms with E-state index < -0.39 is 0 Å². The number of nitrogens with one attached hydrogen (secondary N) is 1. The molecule has 20 heavy (non-hydrogen) atoms. The van der Waals surface area contributed by atoms with Gasteiger partial charge in [0.05, 0.1) is 13.5 Å². The highest BCUT2D eigenvalue weighted by molar-refractivity contribution is 5.84. The first-order chi connectivity index (χ1) is 9.61. The lowest BCUT2D eigenvalue weighted by Crippen LogP contribution is -2.30. The van der Waals surface area contributed by atoms with Gasteiger partial charge in [-0.25, -0.2) is 0 Å². The summed E-state index contributed by atoms with van der Waals surface area (Å²) in [5.74, 6) is -0.439. The summed E-state index contributed by atoms with van der Waals surface area (Å²) in [7, 11) is 1.33. The van der Waals surface area contributed by atoms with Crippen LogP contribution >= 0.6 is 0 Å². The molecule has 106 valence electrons. The monoisotopic (exact) mass is 274 g/mol. The molecular weight excluding hydrogens is 256 g/mol. The summed E-state index contributed by atoms with van der Waals surface area (Å²) in [5.41, 5.74) is 2.07. The molecule has 0 aliphatic heterocycles. The summed E-state index contributed by atoms with van der Waals surface area (Å²) < 4.78 is 6.48. The number of amides is 1. The van der Waals surface area contributed by atoms with Crippen LogP contribution in [0.1, 0.15) is 12.1 Å². The third-order valence-electron chi connectivity index (χ3n) is 3.20. The predicted molar refractivity (Wildman–Crippen MR) is 76.3 cm³/mol. The van der Waals surface area contributed by atoms with Gasteiger partial charge in [-0.05, 0) is 24.4 Å². The highest BCUT2D eigenvalue weighted by Crippen LogP contribution is 2.18. The van der Waals surface area contributed by atoms with Crippen LogP contribution in [0.25, 0.3) is 10.9 Å². The fourth-order valence-electron chi connectivity index (χ4n) is 2.16. The lowest BCUT2D eigenvalue weighted by atomic mass is 10.2. The van der Waals surface area contributed by atoms with Crippen molar-refractivity contribution in [1.82, 2.24) is 9.88 Å². The molecule has 0 fully saturated rings. The molecule has 1 aromatic carbocycles. The van der Waals surface area contributed by atoms with E-state index in [0.717, 1.165) is 16.6 Å². The molecule has 0 aliphatic carbocycles. The number of para-hydroxylation sites is 1. The molecule has 1 heterocycles. The SMILES string of the molecule is COC(=O)CCNC(=O)Cn1c(C)cc2ccccc21. The fourth-order valence-corrected chi connectivity index (χ4v) is 2.16. The lowest BCUT2D eigenvalue weighted by molar-refractivity contribution is -0.140. The lowest BCUT2D eigenvalue weighted by Gasteiger charge is -2.09. The number of nitrogens with zero attached hydrogens (tertiary/aromatic N) is 1. The van der Waals surface area contributed by atoms with Crippen LogP contribution in [0.15, 0.2) is 30.3 Å². The van der Waals surface area contributed by atoms with Crippen molar-refractivity contribution in [2.24, 2.45) is 0 Å². The normalized spacial score (nSPS) is 10.5. The third kappa shape index (κ3) is 3.17. The number of carbonyl (C=O) groups is 2. The van der Waals surface area contributed by atoms with Crippen molar-refractivity contribution in [1.29, 1.82) is 0 Å². The molecule has 0 atom stereocenters. The first-order valence-electron chi connectivity index (χ1n) is 6.50. The van der Waals surface area contributed by atoms with Gasteiger partial charge in [0.2, 0.25) is 5.91 Å². The molecular formula is C15H18N2O3. The maximum Gasteiger partial charge on any atom is 0.307 e. The van der Waals surface area contributed by atoms with Crippen molar-refractivity contribution in [3.63, 3.8) is 0 Å². The Morgan fingerprint density at radius 3 is 2.80 bits per heavy atom. The highest BCUT2D eigenvalue weighted by atomic mass is 16.5. The number of ether oxygens (including phenoxy) is 1.